The molecule has 0 saturated carbocycles. The van der Waals surface area contributed by atoms with Crippen molar-refractivity contribution in [2.45, 2.75) is 18.9 Å². The number of anilines is 2. The maximum absolute atomic E-state index is 6.48. The van der Waals surface area contributed by atoms with Gasteiger partial charge in [-0.2, -0.15) is 0 Å². The van der Waals surface area contributed by atoms with Crippen LogP contribution >= 0.6 is 11.3 Å². The van der Waals surface area contributed by atoms with E-state index in [0.29, 0.717) is 11.8 Å². The molecule has 6 rings (SSSR count). The van der Waals surface area contributed by atoms with E-state index in [4.69, 9.17) is 14.5 Å². The molecule has 0 unspecified atom stereocenters. The summed E-state index contributed by atoms with van der Waals surface area (Å²) in [5.74, 6) is 1.93. The molecule has 37 heavy (non-hydrogen) atoms. The van der Waals surface area contributed by atoms with Gasteiger partial charge < -0.3 is 20.1 Å². The zero-order valence-electron chi connectivity index (χ0n) is 20.3. The molecular formula is C28H26N6O2S. The Labute approximate surface area is 218 Å². The highest BCUT2D eigenvalue weighted by Crippen LogP contribution is 2.36. The second-order valence-corrected chi connectivity index (χ2v) is 9.66. The largest absolute Gasteiger partial charge is 0.490 e. The van der Waals surface area contributed by atoms with Crippen molar-refractivity contribution in [2.24, 2.45) is 0 Å². The van der Waals surface area contributed by atoms with Crippen LogP contribution in [0.15, 0.2) is 72.5 Å². The van der Waals surface area contributed by atoms with Gasteiger partial charge in [0.25, 0.3) is 0 Å². The number of benzene rings is 2. The van der Waals surface area contributed by atoms with Gasteiger partial charge in [0, 0.05) is 46.7 Å². The van der Waals surface area contributed by atoms with Gasteiger partial charge in [-0.05, 0) is 61.8 Å². The molecule has 0 spiro atoms. The third-order valence-electron chi connectivity index (χ3n) is 6.34. The van der Waals surface area contributed by atoms with Gasteiger partial charge in [-0.3, -0.25) is 0 Å². The summed E-state index contributed by atoms with van der Waals surface area (Å²) in [6.07, 6.45) is 7.51. The van der Waals surface area contributed by atoms with Crippen LogP contribution < -0.4 is 20.1 Å². The monoisotopic (exact) mass is 510 g/mol. The molecule has 186 valence electrons. The Kier molecular flexibility index (Phi) is 6.62. The summed E-state index contributed by atoms with van der Waals surface area (Å²) in [6, 6.07) is 16.0. The number of piperidine rings is 1. The number of hydrogen-bond acceptors (Lipinski definition) is 9. The SMILES string of the molecule is COc1ncccc1-c1ccc(Nc2ncc3cc(-c4nccs4)c(OC4CCNCC4)cc3n2)cc1. The fraction of sp³-hybridized carbons (Fsp3) is 0.214. The number of ether oxygens (including phenoxy) is 2. The predicted molar refractivity (Wildman–Crippen MR) is 147 cm³/mol. The summed E-state index contributed by atoms with van der Waals surface area (Å²) in [4.78, 5) is 18.2. The molecule has 0 atom stereocenters. The summed E-state index contributed by atoms with van der Waals surface area (Å²) < 4.78 is 11.9. The summed E-state index contributed by atoms with van der Waals surface area (Å²) >= 11 is 1.60. The molecule has 3 aromatic heterocycles. The molecule has 1 aliphatic heterocycles. The minimum absolute atomic E-state index is 0.175. The topological polar surface area (TPSA) is 94.1 Å². The second kappa shape index (κ2) is 10.5. The van der Waals surface area contributed by atoms with Gasteiger partial charge in [0.05, 0.1) is 18.2 Å². The quantitative estimate of drug-likeness (QED) is 0.288. The van der Waals surface area contributed by atoms with Crippen molar-refractivity contribution >= 4 is 33.9 Å². The van der Waals surface area contributed by atoms with Gasteiger partial charge in [-0.15, -0.1) is 11.3 Å². The lowest BCUT2D eigenvalue weighted by Gasteiger charge is -2.25. The minimum Gasteiger partial charge on any atom is -0.490 e. The van der Waals surface area contributed by atoms with Crippen molar-refractivity contribution in [1.29, 1.82) is 0 Å². The second-order valence-electron chi connectivity index (χ2n) is 8.77. The number of nitrogens with one attached hydrogen (secondary N) is 2. The molecule has 1 fully saturated rings. The highest BCUT2D eigenvalue weighted by molar-refractivity contribution is 7.13. The van der Waals surface area contributed by atoms with Crippen LogP contribution in [0.3, 0.4) is 0 Å². The number of thiazole rings is 1. The van der Waals surface area contributed by atoms with E-state index in [9.17, 15) is 0 Å². The number of nitrogens with zero attached hydrogens (tertiary/aromatic N) is 4. The standard InChI is InChI=1S/C28H26N6O2S/c1-35-26-22(3-2-10-30-26)18-4-6-20(7-5-18)33-28-32-17-19-15-23(27-31-13-14-37-27)25(16-24(19)34-28)36-21-8-11-29-12-9-21/h2-7,10,13-17,21,29H,8-9,11-12H2,1H3,(H,32,33,34). The van der Waals surface area contributed by atoms with Crippen LogP contribution in [0, 0.1) is 0 Å². The lowest BCUT2D eigenvalue weighted by Crippen LogP contribution is -2.34. The molecule has 2 N–H and O–H groups in total. The summed E-state index contributed by atoms with van der Waals surface area (Å²) in [6.45, 7) is 1.93. The third kappa shape index (κ3) is 5.09. The van der Waals surface area contributed by atoms with Gasteiger partial charge in [0.15, 0.2) is 0 Å². The molecule has 0 bridgehead atoms. The van der Waals surface area contributed by atoms with Crippen LogP contribution in [0.2, 0.25) is 0 Å². The molecule has 0 amide bonds. The Balaban J connectivity index is 1.28. The van der Waals surface area contributed by atoms with Crippen LogP contribution in [0.1, 0.15) is 12.8 Å². The first-order chi connectivity index (χ1) is 18.3. The van der Waals surface area contributed by atoms with E-state index in [0.717, 1.165) is 70.0 Å². The number of fused-ring (bicyclic) bond motifs is 1. The Morgan fingerprint density at radius 3 is 2.62 bits per heavy atom. The fourth-order valence-electron chi connectivity index (χ4n) is 4.47. The van der Waals surface area contributed by atoms with E-state index in [-0.39, 0.29) is 6.10 Å². The summed E-state index contributed by atoms with van der Waals surface area (Å²) in [5.41, 5.74) is 4.64. The maximum atomic E-state index is 6.48. The number of methoxy groups -OCH3 is 1. The lowest BCUT2D eigenvalue weighted by molar-refractivity contribution is 0.163. The van der Waals surface area contributed by atoms with E-state index in [2.05, 4.69) is 31.7 Å². The van der Waals surface area contributed by atoms with E-state index >= 15 is 0 Å². The van der Waals surface area contributed by atoms with E-state index in [1.807, 2.05) is 60.2 Å². The third-order valence-corrected chi connectivity index (χ3v) is 7.15. The molecule has 2 aromatic carbocycles. The van der Waals surface area contributed by atoms with Crippen LogP contribution in [-0.4, -0.2) is 46.2 Å². The van der Waals surface area contributed by atoms with E-state index < -0.39 is 0 Å². The van der Waals surface area contributed by atoms with Crippen molar-refractivity contribution in [3.05, 3.63) is 72.5 Å². The van der Waals surface area contributed by atoms with Crippen molar-refractivity contribution in [3.8, 4) is 33.3 Å². The van der Waals surface area contributed by atoms with E-state index in [1.165, 1.54) is 0 Å². The van der Waals surface area contributed by atoms with E-state index in [1.54, 1.807) is 24.6 Å². The van der Waals surface area contributed by atoms with Crippen molar-refractivity contribution in [2.75, 3.05) is 25.5 Å². The first-order valence-corrected chi connectivity index (χ1v) is 13.1. The number of rotatable bonds is 7. The smallest absolute Gasteiger partial charge is 0.227 e. The molecule has 1 saturated heterocycles. The Morgan fingerprint density at radius 1 is 0.973 bits per heavy atom. The van der Waals surface area contributed by atoms with Gasteiger partial charge in [0.2, 0.25) is 11.8 Å². The Hall–Kier alpha value is -4.08. The average molecular weight is 511 g/mol. The van der Waals surface area contributed by atoms with Crippen LogP contribution in [-0.2, 0) is 0 Å². The van der Waals surface area contributed by atoms with Crippen LogP contribution in [0.5, 0.6) is 11.6 Å². The Morgan fingerprint density at radius 2 is 1.84 bits per heavy atom. The summed E-state index contributed by atoms with van der Waals surface area (Å²) in [5, 5.41) is 10.6. The first kappa shape index (κ1) is 23.3. The summed E-state index contributed by atoms with van der Waals surface area (Å²) in [7, 11) is 1.63. The molecular weight excluding hydrogens is 484 g/mol. The van der Waals surface area contributed by atoms with Crippen LogP contribution in [0.25, 0.3) is 32.6 Å². The van der Waals surface area contributed by atoms with Crippen molar-refractivity contribution in [3.63, 3.8) is 0 Å². The molecule has 4 heterocycles. The molecule has 5 aromatic rings. The highest BCUT2D eigenvalue weighted by Gasteiger charge is 2.19. The molecule has 1 aliphatic rings. The Bertz CT molecular complexity index is 1500. The molecule has 0 radical (unpaired) electrons. The first-order valence-electron chi connectivity index (χ1n) is 12.2. The maximum Gasteiger partial charge on any atom is 0.227 e. The number of pyridine rings is 1. The minimum atomic E-state index is 0.175. The molecule has 8 nitrogen and oxygen atoms in total. The normalized spacial score (nSPS) is 14.0. The van der Waals surface area contributed by atoms with Gasteiger partial charge >= 0.3 is 0 Å². The van der Waals surface area contributed by atoms with Gasteiger partial charge in [-0.25, -0.2) is 19.9 Å². The van der Waals surface area contributed by atoms with Crippen LogP contribution in [0.4, 0.5) is 11.6 Å². The molecule has 0 aliphatic carbocycles. The van der Waals surface area contributed by atoms with Gasteiger partial charge in [0.1, 0.15) is 16.9 Å². The zero-order valence-corrected chi connectivity index (χ0v) is 21.2. The zero-order chi connectivity index (χ0) is 25.0. The lowest BCUT2D eigenvalue weighted by atomic mass is 10.1. The van der Waals surface area contributed by atoms with Crippen molar-refractivity contribution in [1.82, 2.24) is 25.3 Å². The van der Waals surface area contributed by atoms with Crippen molar-refractivity contribution < 1.29 is 9.47 Å². The van der Waals surface area contributed by atoms with Gasteiger partial charge in [-0.1, -0.05) is 12.1 Å². The number of hydrogen-bond donors (Lipinski definition) is 2. The molecule has 9 heteroatoms. The number of aromatic nitrogens is 4. The predicted octanol–water partition coefficient (Wildman–Crippen LogP) is 5.70. The average Bonchev–Trinajstić information content (AvgIpc) is 3.49. The highest BCUT2D eigenvalue weighted by atomic mass is 32.1. The fourth-order valence-corrected chi connectivity index (χ4v) is 5.13.